The van der Waals surface area contributed by atoms with Crippen LogP contribution >= 0.6 is 0 Å². The molecule has 6 nitrogen and oxygen atoms in total. The van der Waals surface area contributed by atoms with Crippen LogP contribution in [0.5, 0.6) is 0 Å². The molecule has 1 aliphatic rings. The van der Waals surface area contributed by atoms with E-state index in [1.165, 1.54) is 0 Å². The van der Waals surface area contributed by atoms with Crippen molar-refractivity contribution in [2.24, 2.45) is 0 Å². The van der Waals surface area contributed by atoms with Gasteiger partial charge in [-0.2, -0.15) is 5.26 Å². The molecule has 0 aliphatic carbocycles. The number of pyridine rings is 1. The fourth-order valence-corrected chi connectivity index (χ4v) is 3.78. The molecule has 5 rings (SSSR count). The molecule has 27 heavy (non-hydrogen) atoms. The fourth-order valence-electron chi connectivity index (χ4n) is 3.78. The van der Waals surface area contributed by atoms with E-state index >= 15 is 0 Å². The monoisotopic (exact) mass is 354 g/mol. The molecule has 3 heterocycles. The lowest BCUT2D eigenvalue weighted by Crippen LogP contribution is -2.47. The highest BCUT2D eigenvalue weighted by atomic mass is 15.3. The van der Waals surface area contributed by atoms with Crippen LogP contribution < -0.4 is 9.80 Å². The smallest absolute Gasteiger partial charge is 0.203 e. The van der Waals surface area contributed by atoms with Crippen LogP contribution in [0.1, 0.15) is 5.56 Å². The van der Waals surface area contributed by atoms with E-state index < -0.39 is 0 Å². The highest BCUT2D eigenvalue weighted by molar-refractivity contribution is 5.94. The molecule has 2 aromatic carbocycles. The maximum absolute atomic E-state index is 9.58. The van der Waals surface area contributed by atoms with Crippen molar-refractivity contribution < 1.29 is 0 Å². The normalized spacial score (nSPS) is 14.6. The Kier molecular flexibility index (Phi) is 3.65. The molecule has 0 atom stereocenters. The zero-order chi connectivity index (χ0) is 18.2. The molecule has 0 unspecified atom stereocenters. The number of imidazole rings is 1. The zero-order valence-corrected chi connectivity index (χ0v) is 14.8. The van der Waals surface area contributed by atoms with Crippen LogP contribution in [-0.4, -0.2) is 41.1 Å². The first-order valence-electron chi connectivity index (χ1n) is 9.06. The number of benzene rings is 2. The van der Waals surface area contributed by atoms with Crippen molar-refractivity contribution in [3.63, 3.8) is 0 Å². The van der Waals surface area contributed by atoms with Crippen LogP contribution in [0.25, 0.3) is 21.9 Å². The molecule has 6 heteroatoms. The summed E-state index contributed by atoms with van der Waals surface area (Å²) in [4.78, 5) is 17.1. The second kappa shape index (κ2) is 6.29. The molecule has 1 aliphatic heterocycles. The summed E-state index contributed by atoms with van der Waals surface area (Å²) in [6, 6.07) is 18.4. The highest BCUT2D eigenvalue weighted by Crippen LogP contribution is 2.30. The van der Waals surface area contributed by atoms with E-state index in [1.54, 1.807) is 6.20 Å². The van der Waals surface area contributed by atoms with Crippen molar-refractivity contribution in [3.8, 4) is 6.07 Å². The highest BCUT2D eigenvalue weighted by Gasteiger charge is 2.23. The van der Waals surface area contributed by atoms with Gasteiger partial charge in [-0.05, 0) is 18.2 Å². The van der Waals surface area contributed by atoms with Gasteiger partial charge in [-0.1, -0.05) is 30.3 Å². The van der Waals surface area contributed by atoms with Crippen molar-refractivity contribution in [1.29, 1.82) is 5.26 Å². The average Bonchev–Trinajstić information content (AvgIpc) is 3.17. The predicted molar refractivity (Wildman–Crippen MR) is 107 cm³/mol. The Hall–Kier alpha value is -3.59. The third-order valence-electron chi connectivity index (χ3n) is 5.14. The van der Waals surface area contributed by atoms with E-state index in [1.807, 2.05) is 48.5 Å². The van der Waals surface area contributed by atoms with Gasteiger partial charge >= 0.3 is 0 Å². The van der Waals surface area contributed by atoms with Gasteiger partial charge in [0, 0.05) is 37.8 Å². The molecule has 1 saturated heterocycles. The topological polar surface area (TPSA) is 71.8 Å². The Labute approximate surface area is 156 Å². The summed E-state index contributed by atoms with van der Waals surface area (Å²) in [7, 11) is 0. The number of rotatable bonds is 2. The molecule has 1 fully saturated rings. The lowest BCUT2D eigenvalue weighted by atomic mass is 10.1. The second-order valence-corrected chi connectivity index (χ2v) is 6.70. The molecule has 0 spiro atoms. The lowest BCUT2D eigenvalue weighted by molar-refractivity contribution is 0.644. The van der Waals surface area contributed by atoms with Crippen molar-refractivity contribution >= 4 is 33.6 Å². The number of nitrogens with zero attached hydrogens (tertiary/aromatic N) is 5. The third-order valence-corrected chi connectivity index (χ3v) is 5.14. The number of nitriles is 1. The molecule has 4 aromatic rings. The Morgan fingerprint density at radius 2 is 1.59 bits per heavy atom. The SMILES string of the molecule is N#Cc1cnc2ccccc2c1N1CCN(c2nc3ccccc3[nH]2)CC1. The average molecular weight is 354 g/mol. The summed E-state index contributed by atoms with van der Waals surface area (Å²) in [6.45, 7) is 3.36. The number of aromatic amines is 1. The second-order valence-electron chi connectivity index (χ2n) is 6.70. The van der Waals surface area contributed by atoms with E-state index in [-0.39, 0.29) is 0 Å². The number of para-hydroxylation sites is 3. The predicted octanol–water partition coefficient (Wildman–Crippen LogP) is 3.31. The Balaban J connectivity index is 1.44. The van der Waals surface area contributed by atoms with Crippen LogP contribution in [0, 0.1) is 11.3 Å². The van der Waals surface area contributed by atoms with Crippen molar-refractivity contribution in [3.05, 3.63) is 60.3 Å². The Morgan fingerprint density at radius 3 is 2.37 bits per heavy atom. The van der Waals surface area contributed by atoms with Gasteiger partial charge in [0.2, 0.25) is 5.95 Å². The van der Waals surface area contributed by atoms with Crippen molar-refractivity contribution in [1.82, 2.24) is 15.0 Å². The minimum atomic E-state index is 0.630. The van der Waals surface area contributed by atoms with E-state index in [2.05, 4.69) is 25.8 Å². The van der Waals surface area contributed by atoms with Crippen molar-refractivity contribution in [2.75, 3.05) is 36.0 Å². The quantitative estimate of drug-likeness (QED) is 0.598. The summed E-state index contributed by atoms with van der Waals surface area (Å²) in [6.07, 6.45) is 1.68. The number of hydrogen-bond acceptors (Lipinski definition) is 5. The summed E-state index contributed by atoms with van der Waals surface area (Å²) >= 11 is 0. The Morgan fingerprint density at radius 1 is 0.889 bits per heavy atom. The number of piperazine rings is 1. The van der Waals surface area contributed by atoms with E-state index in [0.29, 0.717) is 5.56 Å². The van der Waals surface area contributed by atoms with Gasteiger partial charge < -0.3 is 14.8 Å². The van der Waals surface area contributed by atoms with Gasteiger partial charge in [-0.3, -0.25) is 4.98 Å². The van der Waals surface area contributed by atoms with Crippen molar-refractivity contribution in [2.45, 2.75) is 0 Å². The van der Waals surface area contributed by atoms with Gasteiger partial charge in [-0.25, -0.2) is 4.98 Å². The first kappa shape index (κ1) is 15.6. The zero-order valence-electron chi connectivity index (χ0n) is 14.8. The van der Waals surface area contributed by atoms with Crippen LogP contribution in [0.2, 0.25) is 0 Å². The first-order valence-corrected chi connectivity index (χ1v) is 9.06. The molecule has 0 saturated carbocycles. The summed E-state index contributed by atoms with van der Waals surface area (Å²) in [5, 5.41) is 10.6. The molecule has 0 radical (unpaired) electrons. The summed E-state index contributed by atoms with van der Waals surface area (Å²) < 4.78 is 0. The summed E-state index contributed by atoms with van der Waals surface area (Å²) in [5.74, 6) is 0.913. The number of anilines is 2. The maximum Gasteiger partial charge on any atom is 0.203 e. The van der Waals surface area contributed by atoms with E-state index in [0.717, 1.165) is 59.8 Å². The molecule has 2 aromatic heterocycles. The van der Waals surface area contributed by atoms with Gasteiger partial charge in [0.15, 0.2) is 0 Å². The molecule has 1 N–H and O–H groups in total. The summed E-state index contributed by atoms with van der Waals surface area (Å²) in [5.41, 5.74) is 4.59. The number of H-pyrrole nitrogens is 1. The number of fused-ring (bicyclic) bond motifs is 2. The van der Waals surface area contributed by atoms with Crippen LogP contribution in [0.15, 0.2) is 54.7 Å². The molecule has 0 amide bonds. The number of nitrogens with one attached hydrogen (secondary N) is 1. The first-order chi connectivity index (χ1) is 13.3. The molecule has 132 valence electrons. The van der Waals surface area contributed by atoms with Gasteiger partial charge in [0.25, 0.3) is 0 Å². The van der Waals surface area contributed by atoms with Crippen LogP contribution in [0.3, 0.4) is 0 Å². The molecular weight excluding hydrogens is 336 g/mol. The number of aromatic nitrogens is 3. The van der Waals surface area contributed by atoms with Gasteiger partial charge in [-0.15, -0.1) is 0 Å². The third kappa shape index (κ3) is 2.64. The molecular formula is C21H18N6. The lowest BCUT2D eigenvalue weighted by Gasteiger charge is -2.36. The fraction of sp³-hybridized carbons (Fsp3) is 0.190. The number of hydrogen-bond donors (Lipinski definition) is 1. The van der Waals surface area contributed by atoms with Crippen LogP contribution in [0.4, 0.5) is 11.6 Å². The largest absolute Gasteiger partial charge is 0.366 e. The Bertz CT molecular complexity index is 1130. The molecule has 0 bridgehead atoms. The maximum atomic E-state index is 9.58. The minimum absolute atomic E-state index is 0.630. The van der Waals surface area contributed by atoms with Crippen LogP contribution in [-0.2, 0) is 0 Å². The minimum Gasteiger partial charge on any atom is -0.366 e. The van der Waals surface area contributed by atoms with Gasteiger partial charge in [0.1, 0.15) is 6.07 Å². The van der Waals surface area contributed by atoms with E-state index in [4.69, 9.17) is 4.98 Å². The standard InChI is InChI=1S/C21H18N6/c22-13-15-14-23-17-6-2-1-5-16(17)20(15)26-9-11-27(12-10-26)21-24-18-7-3-4-8-19(18)25-21/h1-8,14H,9-12H2,(H,24,25). The van der Waals surface area contributed by atoms with E-state index in [9.17, 15) is 5.26 Å². The van der Waals surface area contributed by atoms with Gasteiger partial charge in [0.05, 0.1) is 27.8 Å².